The summed E-state index contributed by atoms with van der Waals surface area (Å²) in [5.74, 6) is 0.443. The Hall–Kier alpha value is -2.31. The van der Waals surface area contributed by atoms with E-state index in [-0.39, 0.29) is 18.0 Å². The van der Waals surface area contributed by atoms with Crippen LogP contribution in [0, 0.1) is 10.1 Å². The van der Waals surface area contributed by atoms with E-state index >= 15 is 0 Å². The summed E-state index contributed by atoms with van der Waals surface area (Å²) in [5.41, 5.74) is 0.303. The zero-order valence-electron chi connectivity index (χ0n) is 11.6. The fourth-order valence-electron chi connectivity index (χ4n) is 1.61. The minimum atomic E-state index is -0.473. The Morgan fingerprint density at radius 3 is 2.75 bits per heavy atom. The standard InChI is InChI=1S/C13H19N3O4/c1-3-7-15-13(17)6-8-14-11-9-10(20-2)4-5-12(11)16(18)19/h4-5,9,14H,3,6-8H2,1-2H3,(H,15,17). The molecule has 0 aliphatic rings. The molecule has 0 aliphatic heterocycles. The van der Waals surface area contributed by atoms with Crippen molar-refractivity contribution in [2.75, 3.05) is 25.5 Å². The second-order valence-electron chi connectivity index (χ2n) is 4.17. The molecule has 110 valence electrons. The highest BCUT2D eigenvalue weighted by Crippen LogP contribution is 2.28. The predicted octanol–water partition coefficient (Wildman–Crippen LogP) is 1.93. The Balaban J connectivity index is 2.61. The normalized spacial score (nSPS) is 9.90. The van der Waals surface area contributed by atoms with Crippen LogP contribution in [-0.2, 0) is 4.79 Å². The molecule has 0 fully saturated rings. The number of benzene rings is 1. The van der Waals surface area contributed by atoms with Gasteiger partial charge in [-0.15, -0.1) is 0 Å². The average Bonchev–Trinajstić information content (AvgIpc) is 2.44. The lowest BCUT2D eigenvalue weighted by atomic mass is 10.2. The van der Waals surface area contributed by atoms with Crippen LogP contribution in [0.3, 0.4) is 0 Å². The molecule has 7 nitrogen and oxygen atoms in total. The fraction of sp³-hybridized carbons (Fsp3) is 0.462. The molecule has 0 heterocycles. The van der Waals surface area contributed by atoms with E-state index in [0.717, 1.165) is 6.42 Å². The number of hydrogen-bond donors (Lipinski definition) is 2. The summed E-state index contributed by atoms with van der Waals surface area (Å²) < 4.78 is 5.03. The molecule has 0 aliphatic carbocycles. The van der Waals surface area contributed by atoms with E-state index in [0.29, 0.717) is 24.5 Å². The number of nitrogens with zero attached hydrogens (tertiary/aromatic N) is 1. The largest absolute Gasteiger partial charge is 0.497 e. The summed E-state index contributed by atoms with van der Waals surface area (Å²) in [4.78, 5) is 21.9. The Morgan fingerprint density at radius 1 is 1.40 bits per heavy atom. The summed E-state index contributed by atoms with van der Waals surface area (Å²) in [6.07, 6.45) is 1.13. The SMILES string of the molecule is CCCNC(=O)CCNc1cc(OC)ccc1[N+](=O)[O-]. The number of nitro benzene ring substituents is 1. The quantitative estimate of drug-likeness (QED) is 0.561. The summed E-state index contributed by atoms with van der Waals surface area (Å²) in [6, 6.07) is 4.44. The average molecular weight is 281 g/mol. The maximum Gasteiger partial charge on any atom is 0.292 e. The van der Waals surface area contributed by atoms with Crippen molar-refractivity contribution in [1.29, 1.82) is 0 Å². The molecule has 0 aromatic heterocycles. The zero-order valence-corrected chi connectivity index (χ0v) is 11.6. The number of carbonyl (C=O) groups excluding carboxylic acids is 1. The molecule has 0 unspecified atom stereocenters. The first-order chi connectivity index (χ1) is 9.58. The second-order valence-corrected chi connectivity index (χ2v) is 4.17. The number of anilines is 1. The van der Waals surface area contributed by atoms with E-state index in [9.17, 15) is 14.9 Å². The van der Waals surface area contributed by atoms with Crippen LogP contribution in [0.2, 0.25) is 0 Å². The summed E-state index contributed by atoms with van der Waals surface area (Å²) in [5, 5.41) is 16.5. The molecule has 7 heteroatoms. The Bertz CT molecular complexity index is 477. The lowest BCUT2D eigenvalue weighted by Crippen LogP contribution is -2.25. The van der Waals surface area contributed by atoms with Gasteiger partial charge in [-0.25, -0.2) is 0 Å². The van der Waals surface area contributed by atoms with Crippen LogP contribution in [0.1, 0.15) is 19.8 Å². The van der Waals surface area contributed by atoms with Crippen molar-refractivity contribution in [3.8, 4) is 5.75 Å². The molecule has 0 bridgehead atoms. The molecule has 1 aromatic carbocycles. The number of methoxy groups -OCH3 is 1. The third kappa shape index (κ3) is 4.75. The van der Waals surface area contributed by atoms with Crippen LogP contribution in [-0.4, -0.2) is 31.0 Å². The molecule has 1 amide bonds. The van der Waals surface area contributed by atoms with E-state index in [4.69, 9.17) is 4.74 Å². The monoisotopic (exact) mass is 281 g/mol. The van der Waals surface area contributed by atoms with Gasteiger partial charge in [0.15, 0.2) is 0 Å². The van der Waals surface area contributed by atoms with E-state index in [1.54, 1.807) is 6.07 Å². The van der Waals surface area contributed by atoms with Crippen molar-refractivity contribution in [3.63, 3.8) is 0 Å². The molecule has 20 heavy (non-hydrogen) atoms. The van der Waals surface area contributed by atoms with Crippen molar-refractivity contribution in [2.45, 2.75) is 19.8 Å². The molecule has 2 N–H and O–H groups in total. The minimum absolute atomic E-state index is 0.0419. The minimum Gasteiger partial charge on any atom is -0.497 e. The summed E-state index contributed by atoms with van der Waals surface area (Å²) in [6.45, 7) is 2.93. The number of rotatable bonds is 8. The van der Waals surface area contributed by atoms with Gasteiger partial charge in [0.1, 0.15) is 11.4 Å². The van der Waals surface area contributed by atoms with Crippen molar-refractivity contribution < 1.29 is 14.5 Å². The smallest absolute Gasteiger partial charge is 0.292 e. The van der Waals surface area contributed by atoms with Gasteiger partial charge in [0.25, 0.3) is 5.69 Å². The topological polar surface area (TPSA) is 93.5 Å². The highest BCUT2D eigenvalue weighted by molar-refractivity contribution is 5.76. The molecule has 0 spiro atoms. The van der Waals surface area contributed by atoms with Crippen molar-refractivity contribution >= 4 is 17.3 Å². The van der Waals surface area contributed by atoms with E-state index in [2.05, 4.69) is 10.6 Å². The summed E-state index contributed by atoms with van der Waals surface area (Å²) >= 11 is 0. The van der Waals surface area contributed by atoms with Crippen molar-refractivity contribution in [1.82, 2.24) is 5.32 Å². The molecule has 0 atom stereocenters. The highest BCUT2D eigenvalue weighted by atomic mass is 16.6. The van der Waals surface area contributed by atoms with Gasteiger partial charge in [0.2, 0.25) is 5.91 Å². The third-order valence-electron chi connectivity index (χ3n) is 2.64. The van der Waals surface area contributed by atoms with Crippen molar-refractivity contribution in [2.24, 2.45) is 0 Å². The van der Waals surface area contributed by atoms with Crippen molar-refractivity contribution in [3.05, 3.63) is 28.3 Å². The van der Waals surface area contributed by atoms with E-state index in [1.165, 1.54) is 19.2 Å². The number of hydrogen-bond acceptors (Lipinski definition) is 5. The van der Waals surface area contributed by atoms with Gasteiger partial charge in [-0.1, -0.05) is 6.92 Å². The van der Waals surface area contributed by atoms with Crippen LogP contribution >= 0.6 is 0 Å². The molecule has 0 saturated heterocycles. The predicted molar refractivity (Wildman–Crippen MR) is 76.1 cm³/mol. The van der Waals surface area contributed by atoms with Gasteiger partial charge in [-0.3, -0.25) is 14.9 Å². The first-order valence-electron chi connectivity index (χ1n) is 6.41. The number of amides is 1. The molecule has 0 radical (unpaired) electrons. The van der Waals surface area contributed by atoms with Gasteiger partial charge in [0, 0.05) is 31.6 Å². The number of nitro groups is 1. The lowest BCUT2D eigenvalue weighted by Gasteiger charge is -2.09. The molecular weight excluding hydrogens is 262 g/mol. The van der Waals surface area contributed by atoms with E-state index < -0.39 is 4.92 Å². The number of nitrogens with one attached hydrogen (secondary N) is 2. The maximum absolute atomic E-state index is 11.4. The molecule has 1 rings (SSSR count). The van der Waals surface area contributed by atoms with E-state index in [1.807, 2.05) is 6.92 Å². The van der Waals surface area contributed by atoms with Gasteiger partial charge >= 0.3 is 0 Å². The Morgan fingerprint density at radius 2 is 2.15 bits per heavy atom. The second kappa shape index (κ2) is 7.98. The lowest BCUT2D eigenvalue weighted by molar-refractivity contribution is -0.384. The van der Waals surface area contributed by atoms with Crippen LogP contribution in [0.5, 0.6) is 5.75 Å². The fourth-order valence-corrected chi connectivity index (χ4v) is 1.61. The Kier molecular flexibility index (Phi) is 6.28. The highest BCUT2D eigenvalue weighted by Gasteiger charge is 2.14. The summed E-state index contributed by atoms with van der Waals surface area (Å²) in [7, 11) is 1.49. The first kappa shape index (κ1) is 15.7. The molecular formula is C13H19N3O4. The van der Waals surface area contributed by atoms with Gasteiger partial charge in [-0.2, -0.15) is 0 Å². The van der Waals surface area contributed by atoms with Gasteiger partial charge < -0.3 is 15.4 Å². The van der Waals surface area contributed by atoms with Gasteiger partial charge in [0.05, 0.1) is 12.0 Å². The molecule has 1 aromatic rings. The van der Waals surface area contributed by atoms with Crippen LogP contribution in [0.25, 0.3) is 0 Å². The number of ether oxygens (including phenoxy) is 1. The maximum atomic E-state index is 11.4. The van der Waals surface area contributed by atoms with Gasteiger partial charge in [-0.05, 0) is 12.5 Å². The van der Waals surface area contributed by atoms with Crippen LogP contribution in [0.4, 0.5) is 11.4 Å². The van der Waals surface area contributed by atoms with Crippen LogP contribution < -0.4 is 15.4 Å². The van der Waals surface area contributed by atoms with Crippen LogP contribution in [0.15, 0.2) is 18.2 Å². The molecule has 0 saturated carbocycles. The zero-order chi connectivity index (χ0) is 15.0. The third-order valence-corrected chi connectivity index (χ3v) is 2.64. The number of carbonyl (C=O) groups is 1. The first-order valence-corrected chi connectivity index (χ1v) is 6.41. The Labute approximate surface area is 117 Å².